The van der Waals surface area contributed by atoms with Crippen LogP contribution in [-0.2, 0) is 22.5 Å². The van der Waals surface area contributed by atoms with Crippen LogP contribution in [0.15, 0.2) is 12.3 Å². The van der Waals surface area contributed by atoms with Gasteiger partial charge in [0.1, 0.15) is 18.0 Å². The van der Waals surface area contributed by atoms with Gasteiger partial charge in [-0.3, -0.25) is 14.5 Å². The highest BCUT2D eigenvalue weighted by Gasteiger charge is 2.33. The third kappa shape index (κ3) is 3.25. The summed E-state index contributed by atoms with van der Waals surface area (Å²) in [4.78, 5) is 20.7. The predicted octanol–water partition coefficient (Wildman–Crippen LogP) is 2.37. The van der Waals surface area contributed by atoms with Gasteiger partial charge >= 0.3 is 0 Å². The van der Waals surface area contributed by atoms with Gasteiger partial charge in [-0.2, -0.15) is 5.10 Å². The zero-order chi connectivity index (χ0) is 20.0. The molecular weight excluding hydrogens is 370 g/mol. The van der Waals surface area contributed by atoms with Gasteiger partial charge in [0.25, 0.3) is 0 Å². The molecule has 0 unspecified atom stereocenters. The number of fused-ring (bicyclic) bond motifs is 2. The third-order valence-corrected chi connectivity index (χ3v) is 6.15. The lowest BCUT2D eigenvalue weighted by molar-refractivity contribution is -0.129. The fourth-order valence-electron chi connectivity index (χ4n) is 4.58. The molecular formula is C21H27N5O3. The molecule has 0 aromatic carbocycles. The molecule has 5 rings (SSSR count). The minimum Gasteiger partial charge on any atom is -0.489 e. The summed E-state index contributed by atoms with van der Waals surface area (Å²) in [5.74, 6) is 1.89. The number of nitrogens with zero attached hydrogens (tertiary/aromatic N) is 5. The van der Waals surface area contributed by atoms with Crippen LogP contribution in [0.1, 0.15) is 42.8 Å². The third-order valence-electron chi connectivity index (χ3n) is 6.15. The second-order valence-electron chi connectivity index (χ2n) is 8.02. The van der Waals surface area contributed by atoms with Crippen LogP contribution in [0.2, 0.25) is 0 Å². The number of aromatic nitrogens is 3. The molecule has 8 nitrogen and oxygen atoms in total. The summed E-state index contributed by atoms with van der Waals surface area (Å²) in [7, 11) is 0. The maximum atomic E-state index is 12.1. The van der Waals surface area contributed by atoms with Crippen molar-refractivity contribution in [3.63, 3.8) is 0 Å². The average Bonchev–Trinajstić information content (AvgIpc) is 3.12. The van der Waals surface area contributed by atoms with Crippen LogP contribution < -0.4 is 9.64 Å². The molecule has 0 aliphatic carbocycles. The monoisotopic (exact) mass is 397 g/mol. The molecule has 29 heavy (non-hydrogen) atoms. The van der Waals surface area contributed by atoms with Crippen LogP contribution in [-0.4, -0.2) is 58.5 Å². The fourth-order valence-corrected chi connectivity index (χ4v) is 4.58. The van der Waals surface area contributed by atoms with E-state index in [4.69, 9.17) is 14.6 Å². The zero-order valence-corrected chi connectivity index (χ0v) is 17.1. The highest BCUT2D eigenvalue weighted by Crippen LogP contribution is 2.40. The van der Waals surface area contributed by atoms with Gasteiger partial charge in [0, 0.05) is 56.1 Å². The van der Waals surface area contributed by atoms with Gasteiger partial charge in [-0.1, -0.05) is 0 Å². The van der Waals surface area contributed by atoms with E-state index < -0.39 is 0 Å². The Labute approximate surface area is 170 Å². The Morgan fingerprint density at radius 2 is 2.03 bits per heavy atom. The molecule has 2 aromatic rings. The lowest BCUT2D eigenvalue weighted by Gasteiger charge is -2.32. The van der Waals surface area contributed by atoms with E-state index in [1.54, 1.807) is 6.92 Å². The molecule has 154 valence electrons. The Morgan fingerprint density at radius 1 is 1.21 bits per heavy atom. The Morgan fingerprint density at radius 3 is 2.83 bits per heavy atom. The molecule has 1 saturated heterocycles. The first-order valence-corrected chi connectivity index (χ1v) is 10.4. The Kier molecular flexibility index (Phi) is 4.66. The number of pyridine rings is 1. The standard InChI is InChI=1S/C21H27N5O3/c1-14-11-20-19(12-22-14)25(7-10-29-20)21-17-13-24(15(2)27)6-3-18(17)26(23-21)16-4-8-28-9-5-16/h11-12,16H,3-10,13H2,1-2H3. The van der Waals surface area contributed by atoms with Crippen molar-refractivity contribution in [2.24, 2.45) is 0 Å². The maximum Gasteiger partial charge on any atom is 0.219 e. The molecule has 0 saturated carbocycles. The van der Waals surface area contributed by atoms with E-state index >= 15 is 0 Å². The van der Waals surface area contributed by atoms with Crippen LogP contribution in [0.25, 0.3) is 0 Å². The predicted molar refractivity (Wildman–Crippen MR) is 108 cm³/mol. The van der Waals surface area contributed by atoms with Gasteiger partial charge in [-0.05, 0) is 19.8 Å². The average molecular weight is 397 g/mol. The van der Waals surface area contributed by atoms with Crippen molar-refractivity contribution in [2.45, 2.75) is 45.7 Å². The van der Waals surface area contributed by atoms with E-state index in [0.717, 1.165) is 74.1 Å². The molecule has 3 aliphatic rings. The zero-order valence-electron chi connectivity index (χ0n) is 17.1. The van der Waals surface area contributed by atoms with Crippen LogP contribution in [0, 0.1) is 6.92 Å². The van der Waals surface area contributed by atoms with Crippen molar-refractivity contribution in [2.75, 3.05) is 37.8 Å². The minimum atomic E-state index is 0.111. The smallest absolute Gasteiger partial charge is 0.219 e. The molecule has 1 amide bonds. The normalized spacial score (nSPS) is 19.5. The van der Waals surface area contributed by atoms with E-state index in [1.165, 1.54) is 5.69 Å². The lowest BCUT2D eigenvalue weighted by atomic mass is 10.0. The van der Waals surface area contributed by atoms with E-state index in [9.17, 15) is 4.79 Å². The second-order valence-corrected chi connectivity index (χ2v) is 8.02. The van der Waals surface area contributed by atoms with E-state index in [-0.39, 0.29) is 5.91 Å². The Bertz CT molecular complexity index is 935. The first-order valence-electron chi connectivity index (χ1n) is 10.4. The summed E-state index contributed by atoms with van der Waals surface area (Å²) in [6.45, 7) is 7.84. The van der Waals surface area contributed by atoms with E-state index in [2.05, 4.69) is 14.6 Å². The number of rotatable bonds is 2. The fraction of sp³-hybridized carbons (Fsp3) is 0.571. The Hall–Kier alpha value is -2.61. The first-order chi connectivity index (χ1) is 14.1. The quantitative estimate of drug-likeness (QED) is 0.775. The summed E-state index contributed by atoms with van der Waals surface area (Å²) < 4.78 is 13.7. The first kappa shape index (κ1) is 18.4. The van der Waals surface area contributed by atoms with Gasteiger partial charge in [0.15, 0.2) is 5.82 Å². The number of carbonyl (C=O) groups excluding carboxylic acids is 1. The highest BCUT2D eigenvalue weighted by atomic mass is 16.5. The van der Waals surface area contributed by atoms with Crippen LogP contribution in [0.3, 0.4) is 0 Å². The SMILES string of the molecule is CC(=O)N1CCc2c(c(N3CCOc4cc(C)ncc43)nn2C2CCOCC2)C1. The number of ether oxygens (including phenoxy) is 2. The summed E-state index contributed by atoms with van der Waals surface area (Å²) in [5.41, 5.74) is 4.30. The Balaban J connectivity index is 1.60. The maximum absolute atomic E-state index is 12.1. The molecule has 0 radical (unpaired) electrons. The molecule has 0 N–H and O–H groups in total. The van der Waals surface area contributed by atoms with Gasteiger partial charge in [0.2, 0.25) is 5.91 Å². The van der Waals surface area contributed by atoms with Crippen LogP contribution in [0.4, 0.5) is 11.5 Å². The van der Waals surface area contributed by atoms with Crippen molar-refractivity contribution in [1.29, 1.82) is 0 Å². The molecule has 1 fully saturated rings. The molecule has 5 heterocycles. The number of amides is 1. The van der Waals surface area contributed by atoms with Crippen molar-refractivity contribution in [3.8, 4) is 5.75 Å². The topological polar surface area (TPSA) is 72.7 Å². The highest BCUT2D eigenvalue weighted by molar-refractivity contribution is 5.75. The summed E-state index contributed by atoms with van der Waals surface area (Å²) in [6.07, 6.45) is 4.66. The van der Waals surface area contributed by atoms with Gasteiger partial charge < -0.3 is 19.3 Å². The van der Waals surface area contributed by atoms with Crippen molar-refractivity contribution in [3.05, 3.63) is 29.2 Å². The van der Waals surface area contributed by atoms with Crippen LogP contribution >= 0.6 is 0 Å². The summed E-state index contributed by atoms with van der Waals surface area (Å²) >= 11 is 0. The lowest BCUT2D eigenvalue weighted by Crippen LogP contribution is -2.36. The van der Waals surface area contributed by atoms with Gasteiger partial charge in [-0.25, -0.2) is 0 Å². The summed E-state index contributed by atoms with van der Waals surface area (Å²) in [6, 6.07) is 2.33. The second kappa shape index (κ2) is 7.33. The number of hydrogen-bond donors (Lipinski definition) is 0. The molecule has 2 aromatic heterocycles. The van der Waals surface area contributed by atoms with Gasteiger partial charge in [-0.15, -0.1) is 0 Å². The molecule has 0 atom stereocenters. The van der Waals surface area contributed by atoms with E-state index in [1.807, 2.05) is 24.1 Å². The number of anilines is 2. The van der Waals surface area contributed by atoms with Crippen molar-refractivity contribution < 1.29 is 14.3 Å². The number of carbonyl (C=O) groups is 1. The minimum absolute atomic E-state index is 0.111. The van der Waals surface area contributed by atoms with Crippen molar-refractivity contribution >= 4 is 17.4 Å². The summed E-state index contributed by atoms with van der Waals surface area (Å²) in [5, 5.41) is 5.12. The van der Waals surface area contributed by atoms with E-state index in [0.29, 0.717) is 19.2 Å². The van der Waals surface area contributed by atoms with Gasteiger partial charge in [0.05, 0.1) is 25.3 Å². The molecule has 3 aliphatic heterocycles. The molecule has 0 bridgehead atoms. The molecule has 0 spiro atoms. The molecule has 8 heteroatoms. The van der Waals surface area contributed by atoms with Crippen molar-refractivity contribution in [1.82, 2.24) is 19.7 Å². The largest absolute Gasteiger partial charge is 0.489 e. The van der Waals surface area contributed by atoms with Crippen LogP contribution in [0.5, 0.6) is 5.75 Å². The number of hydrogen-bond acceptors (Lipinski definition) is 6. The number of aryl methyl sites for hydroxylation is 1.